The third-order valence-electron chi connectivity index (χ3n) is 3.02. The molecule has 1 amide bonds. The largest absolute Gasteiger partial charge is 0.452 e. The minimum absolute atomic E-state index is 0.0101. The summed E-state index contributed by atoms with van der Waals surface area (Å²) in [7, 11) is 0. The zero-order valence-corrected chi connectivity index (χ0v) is 14.3. The van der Waals surface area contributed by atoms with E-state index < -0.39 is 23.4 Å². The molecule has 0 saturated carbocycles. The average molecular weight is 384 g/mol. The molecule has 0 fully saturated rings. The Morgan fingerprint density at radius 2 is 1.88 bits per heavy atom. The summed E-state index contributed by atoms with van der Waals surface area (Å²) in [6.45, 7) is 0.995. The number of esters is 1. The number of carbonyl (C=O) groups is 2. The van der Waals surface area contributed by atoms with E-state index in [0.717, 1.165) is 0 Å². The maximum atomic E-state index is 11.9. The number of halogens is 2. The lowest BCUT2D eigenvalue weighted by Gasteiger charge is -2.07. The number of carbonyl (C=O) groups excluding carboxylic acids is 2. The Bertz CT molecular complexity index is 837. The molecule has 25 heavy (non-hydrogen) atoms. The van der Waals surface area contributed by atoms with E-state index in [1.165, 1.54) is 30.3 Å². The van der Waals surface area contributed by atoms with Gasteiger partial charge in [0.15, 0.2) is 6.61 Å². The summed E-state index contributed by atoms with van der Waals surface area (Å²) in [5, 5.41) is 13.3. The molecule has 0 saturated heterocycles. The number of aromatic nitrogens is 1. The molecular weight excluding hydrogens is 373 g/mol. The number of pyridine rings is 1. The molecule has 0 radical (unpaired) electrons. The molecule has 2 aromatic rings. The SMILES string of the molecule is Cc1ccc(NC(=O)COC(=O)c2cc(Cl)nc(Cl)c2)cc1[N+](=O)[O-]. The predicted molar refractivity (Wildman–Crippen MR) is 91.0 cm³/mol. The van der Waals surface area contributed by atoms with E-state index in [1.54, 1.807) is 6.92 Å². The van der Waals surface area contributed by atoms with Crippen molar-refractivity contribution in [3.63, 3.8) is 0 Å². The Labute approximate surface area is 151 Å². The van der Waals surface area contributed by atoms with Gasteiger partial charge < -0.3 is 10.1 Å². The van der Waals surface area contributed by atoms with Crippen LogP contribution < -0.4 is 5.32 Å². The van der Waals surface area contributed by atoms with Gasteiger partial charge in [0.05, 0.1) is 10.5 Å². The highest BCUT2D eigenvalue weighted by atomic mass is 35.5. The molecule has 0 unspecified atom stereocenters. The highest BCUT2D eigenvalue weighted by Crippen LogP contribution is 2.22. The van der Waals surface area contributed by atoms with Crippen molar-refractivity contribution >= 4 is 46.5 Å². The van der Waals surface area contributed by atoms with Gasteiger partial charge in [-0.15, -0.1) is 0 Å². The molecule has 130 valence electrons. The van der Waals surface area contributed by atoms with Crippen LogP contribution >= 0.6 is 23.2 Å². The van der Waals surface area contributed by atoms with Crippen LogP contribution in [0.4, 0.5) is 11.4 Å². The first kappa shape index (κ1) is 18.6. The van der Waals surface area contributed by atoms with Crippen LogP contribution in [0.3, 0.4) is 0 Å². The van der Waals surface area contributed by atoms with Gasteiger partial charge in [0.2, 0.25) is 0 Å². The van der Waals surface area contributed by atoms with Crippen LogP contribution in [-0.4, -0.2) is 28.4 Å². The number of benzene rings is 1. The number of nitrogens with one attached hydrogen (secondary N) is 1. The number of hydrogen-bond acceptors (Lipinski definition) is 6. The van der Waals surface area contributed by atoms with Crippen LogP contribution in [0.1, 0.15) is 15.9 Å². The van der Waals surface area contributed by atoms with Crippen molar-refractivity contribution in [3.05, 3.63) is 61.9 Å². The first-order valence-corrected chi connectivity index (χ1v) is 7.57. The fraction of sp³-hybridized carbons (Fsp3) is 0.133. The van der Waals surface area contributed by atoms with Crippen molar-refractivity contribution in [2.45, 2.75) is 6.92 Å². The second-order valence-corrected chi connectivity index (χ2v) is 5.66. The van der Waals surface area contributed by atoms with E-state index >= 15 is 0 Å². The lowest BCUT2D eigenvalue weighted by Crippen LogP contribution is -2.21. The zero-order valence-electron chi connectivity index (χ0n) is 12.8. The standard InChI is InChI=1S/C15H11Cl2N3O5/c1-8-2-3-10(6-11(8)20(23)24)18-14(21)7-25-15(22)9-4-12(16)19-13(17)5-9/h2-6H,7H2,1H3,(H,18,21). The third-order valence-corrected chi connectivity index (χ3v) is 3.41. The van der Waals surface area contributed by atoms with Gasteiger partial charge in [-0.3, -0.25) is 14.9 Å². The molecule has 1 N–H and O–H groups in total. The molecule has 0 bridgehead atoms. The summed E-state index contributed by atoms with van der Waals surface area (Å²) in [5.74, 6) is -1.46. The summed E-state index contributed by atoms with van der Waals surface area (Å²) in [4.78, 5) is 37.7. The van der Waals surface area contributed by atoms with Crippen LogP contribution in [0.25, 0.3) is 0 Å². The fourth-order valence-corrected chi connectivity index (χ4v) is 2.34. The van der Waals surface area contributed by atoms with Gasteiger partial charge in [-0.05, 0) is 25.1 Å². The van der Waals surface area contributed by atoms with Gasteiger partial charge in [0.25, 0.3) is 11.6 Å². The topological polar surface area (TPSA) is 111 Å². The number of hydrogen-bond donors (Lipinski definition) is 1. The van der Waals surface area contributed by atoms with Crippen LogP contribution in [-0.2, 0) is 9.53 Å². The number of rotatable bonds is 5. The number of nitro benzene ring substituents is 1. The van der Waals surface area contributed by atoms with Crippen molar-refractivity contribution < 1.29 is 19.2 Å². The van der Waals surface area contributed by atoms with Crippen molar-refractivity contribution in [2.24, 2.45) is 0 Å². The molecule has 0 spiro atoms. The van der Waals surface area contributed by atoms with Crippen molar-refractivity contribution in [1.29, 1.82) is 0 Å². The summed E-state index contributed by atoms with van der Waals surface area (Å²) in [5.41, 5.74) is 0.592. The minimum Gasteiger partial charge on any atom is -0.452 e. The highest BCUT2D eigenvalue weighted by molar-refractivity contribution is 6.32. The van der Waals surface area contributed by atoms with E-state index in [0.29, 0.717) is 5.56 Å². The number of amides is 1. The summed E-state index contributed by atoms with van der Waals surface area (Å²) >= 11 is 11.4. The monoisotopic (exact) mass is 383 g/mol. The second-order valence-electron chi connectivity index (χ2n) is 4.88. The highest BCUT2D eigenvalue weighted by Gasteiger charge is 2.15. The van der Waals surface area contributed by atoms with E-state index in [-0.39, 0.29) is 27.2 Å². The number of ether oxygens (including phenoxy) is 1. The lowest BCUT2D eigenvalue weighted by molar-refractivity contribution is -0.385. The number of anilines is 1. The normalized spacial score (nSPS) is 10.2. The molecule has 1 aromatic heterocycles. The Morgan fingerprint density at radius 3 is 2.48 bits per heavy atom. The van der Waals surface area contributed by atoms with Gasteiger partial charge in [0.1, 0.15) is 10.3 Å². The van der Waals surface area contributed by atoms with Crippen LogP contribution in [0.15, 0.2) is 30.3 Å². The quantitative estimate of drug-likeness (QED) is 0.366. The average Bonchev–Trinajstić information content (AvgIpc) is 2.53. The smallest absolute Gasteiger partial charge is 0.338 e. The maximum Gasteiger partial charge on any atom is 0.338 e. The molecule has 2 rings (SSSR count). The van der Waals surface area contributed by atoms with Crippen LogP contribution in [0, 0.1) is 17.0 Å². The number of nitrogens with zero attached hydrogens (tertiary/aromatic N) is 2. The molecule has 1 aromatic carbocycles. The van der Waals surface area contributed by atoms with Crippen molar-refractivity contribution in [2.75, 3.05) is 11.9 Å². The maximum absolute atomic E-state index is 11.9. The molecular formula is C15H11Cl2N3O5. The lowest BCUT2D eigenvalue weighted by atomic mass is 10.2. The molecule has 10 heteroatoms. The summed E-state index contributed by atoms with van der Waals surface area (Å²) < 4.78 is 4.84. The van der Waals surface area contributed by atoms with Crippen molar-refractivity contribution in [1.82, 2.24) is 4.98 Å². The Balaban J connectivity index is 1.98. The molecule has 0 atom stereocenters. The fourth-order valence-electron chi connectivity index (χ4n) is 1.88. The molecule has 0 aliphatic carbocycles. The first-order valence-electron chi connectivity index (χ1n) is 6.81. The Kier molecular flexibility index (Phi) is 5.89. The van der Waals surface area contributed by atoms with Gasteiger partial charge in [-0.25, -0.2) is 9.78 Å². The third kappa shape index (κ3) is 5.13. The summed E-state index contributed by atoms with van der Waals surface area (Å²) in [6.07, 6.45) is 0. The van der Waals surface area contributed by atoms with E-state index in [2.05, 4.69) is 10.3 Å². The van der Waals surface area contributed by atoms with E-state index in [4.69, 9.17) is 27.9 Å². The van der Waals surface area contributed by atoms with E-state index in [1.807, 2.05) is 0 Å². The molecule has 8 nitrogen and oxygen atoms in total. The molecule has 1 heterocycles. The zero-order chi connectivity index (χ0) is 18.6. The van der Waals surface area contributed by atoms with Gasteiger partial charge >= 0.3 is 5.97 Å². The van der Waals surface area contributed by atoms with Gasteiger partial charge in [-0.1, -0.05) is 29.3 Å². The first-order chi connectivity index (χ1) is 11.8. The van der Waals surface area contributed by atoms with E-state index in [9.17, 15) is 19.7 Å². The minimum atomic E-state index is -0.809. The van der Waals surface area contributed by atoms with Gasteiger partial charge in [-0.2, -0.15) is 0 Å². The second kappa shape index (κ2) is 7.91. The number of aryl methyl sites for hydroxylation is 1. The van der Waals surface area contributed by atoms with Crippen LogP contribution in [0.2, 0.25) is 10.3 Å². The Morgan fingerprint density at radius 1 is 1.24 bits per heavy atom. The van der Waals surface area contributed by atoms with Crippen LogP contribution in [0.5, 0.6) is 0 Å². The number of nitro groups is 1. The summed E-state index contributed by atoms with van der Waals surface area (Å²) in [6, 6.07) is 6.72. The van der Waals surface area contributed by atoms with Gasteiger partial charge in [0, 0.05) is 17.3 Å². The molecule has 0 aliphatic rings. The molecule has 0 aliphatic heterocycles. The Hall–Kier alpha value is -2.71. The predicted octanol–water partition coefficient (Wildman–Crippen LogP) is 3.40. The van der Waals surface area contributed by atoms with Crippen molar-refractivity contribution in [3.8, 4) is 0 Å².